The summed E-state index contributed by atoms with van der Waals surface area (Å²) in [5, 5.41) is 3.79. The maximum Gasteiger partial charge on any atom is 0.0249 e. The molecule has 0 bridgehead atoms. The van der Waals surface area contributed by atoms with Gasteiger partial charge in [-0.1, -0.05) is 46.5 Å². The maximum atomic E-state index is 3.79. The Kier molecular flexibility index (Phi) is 5.70. The fourth-order valence-corrected chi connectivity index (χ4v) is 4.15. The predicted octanol–water partition coefficient (Wildman–Crippen LogP) is 3.81. The van der Waals surface area contributed by atoms with Crippen molar-refractivity contribution in [3.8, 4) is 0 Å². The highest BCUT2D eigenvalue weighted by molar-refractivity contribution is 4.90. The molecule has 0 aromatic rings. The Morgan fingerprint density at radius 2 is 1.79 bits per heavy atom. The minimum atomic E-state index is 0.525. The Morgan fingerprint density at radius 3 is 2.47 bits per heavy atom. The molecule has 1 heterocycles. The van der Waals surface area contributed by atoms with Gasteiger partial charge in [-0.05, 0) is 44.2 Å². The summed E-state index contributed by atoms with van der Waals surface area (Å²) in [6.45, 7) is 10.9. The number of piperidine rings is 1. The second kappa shape index (κ2) is 7.08. The summed E-state index contributed by atoms with van der Waals surface area (Å²) in [4.78, 5) is 2.82. The van der Waals surface area contributed by atoms with Crippen LogP contribution in [-0.4, -0.2) is 36.6 Å². The van der Waals surface area contributed by atoms with E-state index in [-0.39, 0.29) is 0 Å². The van der Waals surface area contributed by atoms with E-state index < -0.39 is 0 Å². The quantitative estimate of drug-likeness (QED) is 0.835. The van der Waals surface area contributed by atoms with E-state index in [1.807, 2.05) is 0 Å². The molecule has 2 heteroatoms. The lowest BCUT2D eigenvalue weighted by Crippen LogP contribution is -2.54. The Balaban J connectivity index is 2.02. The molecule has 1 aliphatic carbocycles. The molecule has 1 saturated carbocycles. The van der Waals surface area contributed by atoms with Gasteiger partial charge in [0.15, 0.2) is 0 Å². The first-order valence-electron chi connectivity index (χ1n) is 8.60. The van der Waals surface area contributed by atoms with Crippen molar-refractivity contribution < 1.29 is 0 Å². The molecule has 0 aromatic heterocycles. The van der Waals surface area contributed by atoms with E-state index in [0.29, 0.717) is 5.41 Å². The molecule has 112 valence electrons. The minimum Gasteiger partial charge on any atom is -0.313 e. The van der Waals surface area contributed by atoms with Crippen LogP contribution in [0.1, 0.15) is 72.1 Å². The van der Waals surface area contributed by atoms with Gasteiger partial charge in [0, 0.05) is 18.6 Å². The normalized spacial score (nSPS) is 33.6. The molecule has 0 radical (unpaired) electrons. The highest BCUT2D eigenvalue weighted by Crippen LogP contribution is 2.32. The van der Waals surface area contributed by atoms with Gasteiger partial charge in [-0.25, -0.2) is 0 Å². The van der Waals surface area contributed by atoms with Crippen molar-refractivity contribution >= 4 is 0 Å². The van der Waals surface area contributed by atoms with Gasteiger partial charge in [-0.2, -0.15) is 0 Å². The second-order valence-corrected chi connectivity index (χ2v) is 7.46. The summed E-state index contributed by atoms with van der Waals surface area (Å²) < 4.78 is 0. The van der Waals surface area contributed by atoms with E-state index in [1.54, 1.807) is 0 Å². The molecule has 1 saturated heterocycles. The van der Waals surface area contributed by atoms with Crippen LogP contribution in [0, 0.1) is 5.41 Å². The van der Waals surface area contributed by atoms with Crippen molar-refractivity contribution in [1.82, 2.24) is 10.2 Å². The van der Waals surface area contributed by atoms with Crippen LogP contribution in [0.15, 0.2) is 0 Å². The molecular formula is C17H34N2. The largest absolute Gasteiger partial charge is 0.313 e. The molecule has 0 spiro atoms. The van der Waals surface area contributed by atoms with Crippen molar-refractivity contribution in [1.29, 1.82) is 0 Å². The molecule has 1 aliphatic heterocycles. The third kappa shape index (κ3) is 4.46. The number of likely N-dealkylation sites (tertiary alicyclic amines) is 1. The Labute approximate surface area is 120 Å². The van der Waals surface area contributed by atoms with E-state index in [0.717, 1.165) is 18.6 Å². The van der Waals surface area contributed by atoms with Gasteiger partial charge in [0.1, 0.15) is 0 Å². The lowest BCUT2D eigenvalue weighted by molar-refractivity contribution is 0.0512. The van der Waals surface area contributed by atoms with Gasteiger partial charge in [-0.15, -0.1) is 0 Å². The SMILES string of the molecule is CCNC1CCCCCCC1N1CCCC(C)(C)C1. The van der Waals surface area contributed by atoms with Gasteiger partial charge in [0.2, 0.25) is 0 Å². The average Bonchev–Trinajstić information content (AvgIpc) is 2.31. The molecule has 2 aliphatic rings. The fourth-order valence-electron chi connectivity index (χ4n) is 4.15. The zero-order valence-electron chi connectivity index (χ0n) is 13.4. The molecule has 2 fully saturated rings. The van der Waals surface area contributed by atoms with E-state index >= 15 is 0 Å². The number of hydrogen-bond acceptors (Lipinski definition) is 2. The van der Waals surface area contributed by atoms with Crippen LogP contribution in [0.2, 0.25) is 0 Å². The van der Waals surface area contributed by atoms with Crippen LogP contribution in [0.4, 0.5) is 0 Å². The van der Waals surface area contributed by atoms with Crippen molar-refractivity contribution in [3.63, 3.8) is 0 Å². The lowest BCUT2D eigenvalue weighted by Gasteiger charge is -2.45. The minimum absolute atomic E-state index is 0.525. The number of nitrogens with zero attached hydrogens (tertiary/aromatic N) is 1. The highest BCUT2D eigenvalue weighted by Gasteiger charge is 2.34. The van der Waals surface area contributed by atoms with E-state index in [1.165, 1.54) is 64.5 Å². The third-order valence-electron chi connectivity index (χ3n) is 5.09. The molecule has 2 atom stereocenters. The molecule has 2 rings (SSSR count). The number of rotatable bonds is 3. The first-order valence-corrected chi connectivity index (χ1v) is 8.60. The van der Waals surface area contributed by atoms with Gasteiger partial charge >= 0.3 is 0 Å². The first kappa shape index (κ1) is 15.3. The van der Waals surface area contributed by atoms with E-state index in [4.69, 9.17) is 0 Å². The number of likely N-dealkylation sites (N-methyl/N-ethyl adjacent to an activating group) is 1. The topological polar surface area (TPSA) is 15.3 Å². The smallest absolute Gasteiger partial charge is 0.0249 e. The van der Waals surface area contributed by atoms with Crippen LogP contribution >= 0.6 is 0 Å². The third-order valence-corrected chi connectivity index (χ3v) is 5.09. The lowest BCUT2D eigenvalue weighted by atomic mass is 9.81. The van der Waals surface area contributed by atoms with Crippen LogP contribution in [0.25, 0.3) is 0 Å². The second-order valence-electron chi connectivity index (χ2n) is 7.46. The summed E-state index contributed by atoms with van der Waals surface area (Å²) in [5.74, 6) is 0. The number of nitrogens with one attached hydrogen (secondary N) is 1. The van der Waals surface area contributed by atoms with Crippen molar-refractivity contribution in [3.05, 3.63) is 0 Å². The van der Waals surface area contributed by atoms with E-state index in [9.17, 15) is 0 Å². The molecule has 19 heavy (non-hydrogen) atoms. The van der Waals surface area contributed by atoms with Crippen LogP contribution < -0.4 is 5.32 Å². The van der Waals surface area contributed by atoms with E-state index in [2.05, 4.69) is 31.0 Å². The summed E-state index contributed by atoms with van der Waals surface area (Å²) in [7, 11) is 0. The maximum absolute atomic E-state index is 3.79. The fraction of sp³-hybridized carbons (Fsp3) is 1.00. The summed E-state index contributed by atoms with van der Waals surface area (Å²) in [6, 6.07) is 1.53. The van der Waals surface area contributed by atoms with Gasteiger partial charge < -0.3 is 5.32 Å². The van der Waals surface area contributed by atoms with Crippen LogP contribution in [-0.2, 0) is 0 Å². The molecule has 2 nitrogen and oxygen atoms in total. The summed E-state index contributed by atoms with van der Waals surface area (Å²) >= 11 is 0. The Morgan fingerprint density at radius 1 is 1.05 bits per heavy atom. The first-order chi connectivity index (χ1) is 9.12. The summed E-state index contributed by atoms with van der Waals surface area (Å²) in [6.07, 6.45) is 11.3. The van der Waals surface area contributed by atoms with Gasteiger partial charge in [0.05, 0.1) is 0 Å². The van der Waals surface area contributed by atoms with Gasteiger partial charge in [0.25, 0.3) is 0 Å². The van der Waals surface area contributed by atoms with Crippen molar-refractivity contribution in [2.75, 3.05) is 19.6 Å². The van der Waals surface area contributed by atoms with Crippen LogP contribution in [0.3, 0.4) is 0 Å². The Hall–Kier alpha value is -0.0800. The predicted molar refractivity (Wildman–Crippen MR) is 83.5 cm³/mol. The zero-order chi connectivity index (χ0) is 13.7. The molecule has 0 amide bonds. The average molecular weight is 266 g/mol. The molecule has 0 aromatic carbocycles. The summed E-state index contributed by atoms with van der Waals surface area (Å²) in [5.41, 5.74) is 0.525. The standard InChI is InChI=1S/C17H34N2/c1-4-18-15-10-7-5-6-8-11-16(15)19-13-9-12-17(2,3)14-19/h15-16,18H,4-14H2,1-3H3. The number of hydrogen-bond donors (Lipinski definition) is 1. The van der Waals surface area contributed by atoms with Crippen molar-refractivity contribution in [2.24, 2.45) is 5.41 Å². The van der Waals surface area contributed by atoms with Gasteiger partial charge in [-0.3, -0.25) is 4.90 Å². The van der Waals surface area contributed by atoms with Crippen LogP contribution in [0.5, 0.6) is 0 Å². The molecule has 2 unspecified atom stereocenters. The highest BCUT2D eigenvalue weighted by atomic mass is 15.2. The Bertz CT molecular complexity index is 262. The monoisotopic (exact) mass is 266 g/mol. The molecular weight excluding hydrogens is 232 g/mol. The zero-order valence-corrected chi connectivity index (χ0v) is 13.4. The van der Waals surface area contributed by atoms with Crippen molar-refractivity contribution in [2.45, 2.75) is 84.2 Å². The molecule has 1 N–H and O–H groups in total.